The van der Waals surface area contributed by atoms with Crippen LogP contribution in [0.5, 0.6) is 0 Å². The molecular formula is C15H25Cl2N5. The molecule has 0 aromatic carbocycles. The zero-order chi connectivity index (χ0) is 14.1. The normalized spacial score (nSPS) is 15.1. The molecule has 2 aromatic rings. The maximum Gasteiger partial charge on any atom is 0.160 e. The number of fused-ring (bicyclic) bond motifs is 1. The van der Waals surface area contributed by atoms with Gasteiger partial charge in [0.15, 0.2) is 5.65 Å². The Morgan fingerprint density at radius 2 is 1.95 bits per heavy atom. The van der Waals surface area contributed by atoms with E-state index >= 15 is 0 Å². The molecule has 1 aliphatic rings. The van der Waals surface area contributed by atoms with Crippen molar-refractivity contribution in [2.75, 3.05) is 31.1 Å². The van der Waals surface area contributed by atoms with Crippen LogP contribution in [0.1, 0.15) is 30.3 Å². The molecule has 5 nitrogen and oxygen atoms in total. The second kappa shape index (κ2) is 7.99. The van der Waals surface area contributed by atoms with Gasteiger partial charge in [-0.3, -0.25) is 0 Å². The largest absolute Gasteiger partial charge is 0.355 e. The molecule has 3 heterocycles. The zero-order valence-corrected chi connectivity index (χ0v) is 15.1. The summed E-state index contributed by atoms with van der Waals surface area (Å²) in [5.41, 5.74) is 4.41. The second-order valence-electron chi connectivity index (χ2n) is 5.50. The molecule has 1 saturated heterocycles. The first-order valence-corrected chi connectivity index (χ1v) is 7.52. The molecule has 0 bridgehead atoms. The third-order valence-corrected chi connectivity index (χ3v) is 4.12. The molecule has 1 N–H and O–H groups in total. The highest BCUT2D eigenvalue weighted by atomic mass is 35.5. The van der Waals surface area contributed by atoms with E-state index in [4.69, 9.17) is 4.98 Å². The molecule has 0 spiro atoms. The van der Waals surface area contributed by atoms with Gasteiger partial charge in [0.2, 0.25) is 0 Å². The first-order valence-electron chi connectivity index (χ1n) is 7.52. The van der Waals surface area contributed by atoms with E-state index in [9.17, 15) is 0 Å². The number of rotatable bonds is 2. The van der Waals surface area contributed by atoms with Gasteiger partial charge in [0.05, 0.1) is 5.69 Å². The van der Waals surface area contributed by atoms with E-state index in [0.717, 1.165) is 49.6 Å². The van der Waals surface area contributed by atoms with Crippen LogP contribution in [-0.2, 0) is 6.42 Å². The quantitative estimate of drug-likeness (QED) is 0.908. The van der Waals surface area contributed by atoms with Crippen molar-refractivity contribution in [3.05, 3.63) is 23.0 Å². The minimum Gasteiger partial charge on any atom is -0.355 e. The lowest BCUT2D eigenvalue weighted by molar-refractivity contribution is 0.724. The van der Waals surface area contributed by atoms with Gasteiger partial charge in [-0.1, -0.05) is 6.92 Å². The summed E-state index contributed by atoms with van der Waals surface area (Å²) >= 11 is 0. The number of anilines is 1. The molecule has 22 heavy (non-hydrogen) atoms. The Balaban J connectivity index is 0.00000121. The Morgan fingerprint density at radius 1 is 1.18 bits per heavy atom. The van der Waals surface area contributed by atoms with Crippen LogP contribution in [0.2, 0.25) is 0 Å². The summed E-state index contributed by atoms with van der Waals surface area (Å²) in [7, 11) is 0. The van der Waals surface area contributed by atoms with Crippen LogP contribution in [0.15, 0.2) is 6.07 Å². The Hall–Kier alpha value is -1.04. The Kier molecular flexibility index (Phi) is 6.91. The molecular weight excluding hydrogens is 321 g/mol. The highest BCUT2D eigenvalue weighted by molar-refractivity contribution is 5.85. The fourth-order valence-electron chi connectivity index (χ4n) is 2.74. The summed E-state index contributed by atoms with van der Waals surface area (Å²) in [5, 5.41) is 8.14. The third kappa shape index (κ3) is 3.47. The maximum absolute atomic E-state index is 4.75. The van der Waals surface area contributed by atoms with Crippen molar-refractivity contribution in [3.8, 4) is 0 Å². The molecule has 1 fully saturated rings. The van der Waals surface area contributed by atoms with Crippen LogP contribution in [0.25, 0.3) is 5.65 Å². The molecule has 0 radical (unpaired) electrons. The summed E-state index contributed by atoms with van der Waals surface area (Å²) in [6.45, 7) is 10.6. The smallest absolute Gasteiger partial charge is 0.160 e. The summed E-state index contributed by atoms with van der Waals surface area (Å²) in [6, 6.07) is 2.20. The van der Waals surface area contributed by atoms with E-state index in [1.54, 1.807) is 0 Å². The molecule has 1 aliphatic heterocycles. The van der Waals surface area contributed by atoms with Crippen molar-refractivity contribution in [1.82, 2.24) is 19.9 Å². The SMILES string of the molecule is CCc1cc(N2CCCNCC2)n2nc(C)c(C)c2n1.Cl.Cl. The van der Waals surface area contributed by atoms with Gasteiger partial charge >= 0.3 is 0 Å². The van der Waals surface area contributed by atoms with Crippen molar-refractivity contribution >= 4 is 36.3 Å². The molecule has 3 rings (SSSR count). The highest BCUT2D eigenvalue weighted by Gasteiger charge is 2.17. The summed E-state index contributed by atoms with van der Waals surface area (Å²) in [4.78, 5) is 7.18. The molecule has 0 amide bonds. The van der Waals surface area contributed by atoms with Gasteiger partial charge in [-0.15, -0.1) is 24.8 Å². The van der Waals surface area contributed by atoms with Crippen LogP contribution in [-0.4, -0.2) is 40.8 Å². The molecule has 2 aromatic heterocycles. The topological polar surface area (TPSA) is 45.5 Å². The standard InChI is InChI=1S/C15H23N5.2ClH/c1-4-13-10-14(19-8-5-6-16-7-9-19)20-15(17-13)11(2)12(3)18-20;;/h10,16H,4-9H2,1-3H3;2*1H. The molecule has 7 heteroatoms. The highest BCUT2D eigenvalue weighted by Crippen LogP contribution is 2.22. The van der Waals surface area contributed by atoms with Gasteiger partial charge in [0.1, 0.15) is 5.82 Å². The van der Waals surface area contributed by atoms with Gasteiger partial charge in [-0.25, -0.2) is 4.98 Å². The maximum atomic E-state index is 4.75. The first-order chi connectivity index (χ1) is 9.70. The fourth-order valence-corrected chi connectivity index (χ4v) is 2.74. The van der Waals surface area contributed by atoms with Crippen molar-refractivity contribution in [2.24, 2.45) is 0 Å². The van der Waals surface area contributed by atoms with Gasteiger partial charge in [-0.05, 0) is 33.2 Å². The van der Waals surface area contributed by atoms with Crippen molar-refractivity contribution in [3.63, 3.8) is 0 Å². The first kappa shape index (κ1) is 19.0. The molecule has 0 aliphatic carbocycles. The Morgan fingerprint density at radius 3 is 2.68 bits per heavy atom. The fraction of sp³-hybridized carbons (Fsp3) is 0.600. The number of nitrogens with one attached hydrogen (secondary N) is 1. The van der Waals surface area contributed by atoms with Crippen molar-refractivity contribution in [1.29, 1.82) is 0 Å². The zero-order valence-electron chi connectivity index (χ0n) is 13.4. The molecule has 0 unspecified atom stereocenters. The van der Waals surface area contributed by atoms with E-state index in [-0.39, 0.29) is 24.8 Å². The van der Waals surface area contributed by atoms with Gasteiger partial charge in [-0.2, -0.15) is 9.61 Å². The van der Waals surface area contributed by atoms with Crippen LogP contribution >= 0.6 is 24.8 Å². The van der Waals surface area contributed by atoms with E-state index in [1.807, 2.05) is 4.52 Å². The van der Waals surface area contributed by atoms with Crippen LogP contribution in [0.3, 0.4) is 0 Å². The van der Waals surface area contributed by atoms with Crippen molar-refractivity contribution < 1.29 is 0 Å². The summed E-state index contributed by atoms with van der Waals surface area (Å²) in [6.07, 6.45) is 2.13. The summed E-state index contributed by atoms with van der Waals surface area (Å²) < 4.78 is 2.02. The monoisotopic (exact) mass is 345 g/mol. The average molecular weight is 346 g/mol. The Labute approximate surface area is 144 Å². The average Bonchev–Trinajstić information content (AvgIpc) is 2.67. The number of hydrogen-bond acceptors (Lipinski definition) is 4. The number of hydrogen-bond donors (Lipinski definition) is 1. The molecule has 0 saturated carbocycles. The van der Waals surface area contributed by atoms with Gasteiger partial charge in [0.25, 0.3) is 0 Å². The van der Waals surface area contributed by atoms with Crippen LogP contribution in [0, 0.1) is 13.8 Å². The van der Waals surface area contributed by atoms with E-state index in [0.29, 0.717) is 0 Å². The lowest BCUT2D eigenvalue weighted by Gasteiger charge is -2.23. The van der Waals surface area contributed by atoms with Gasteiger partial charge in [0, 0.05) is 37.0 Å². The third-order valence-electron chi connectivity index (χ3n) is 4.12. The van der Waals surface area contributed by atoms with E-state index in [2.05, 4.69) is 42.2 Å². The van der Waals surface area contributed by atoms with E-state index < -0.39 is 0 Å². The van der Waals surface area contributed by atoms with Crippen LogP contribution < -0.4 is 10.2 Å². The number of halogens is 2. The minimum atomic E-state index is 0. The second-order valence-corrected chi connectivity index (χ2v) is 5.50. The minimum absolute atomic E-state index is 0. The lowest BCUT2D eigenvalue weighted by Crippen LogP contribution is -2.30. The summed E-state index contributed by atoms with van der Waals surface area (Å²) in [5.74, 6) is 1.19. The predicted molar refractivity (Wildman–Crippen MR) is 96.0 cm³/mol. The lowest BCUT2D eigenvalue weighted by atomic mass is 10.2. The van der Waals surface area contributed by atoms with Crippen LogP contribution in [0.4, 0.5) is 5.82 Å². The van der Waals surface area contributed by atoms with E-state index in [1.165, 1.54) is 17.8 Å². The molecule has 124 valence electrons. The predicted octanol–water partition coefficient (Wildman–Crippen LogP) is 2.55. The Bertz CT molecular complexity index is 618. The number of nitrogens with zero attached hydrogens (tertiary/aromatic N) is 4. The molecule has 0 atom stereocenters. The van der Waals surface area contributed by atoms with Gasteiger partial charge < -0.3 is 10.2 Å². The van der Waals surface area contributed by atoms with Crippen molar-refractivity contribution in [2.45, 2.75) is 33.6 Å². The number of aryl methyl sites for hydroxylation is 3. The number of aromatic nitrogens is 3.